The second-order valence-corrected chi connectivity index (χ2v) is 3.97. The Hall–Kier alpha value is -1.58. The fourth-order valence-corrected chi connectivity index (χ4v) is 1.28. The first-order chi connectivity index (χ1) is 7.31. The molecule has 9 heteroatoms. The van der Waals surface area contributed by atoms with Crippen LogP contribution in [0.3, 0.4) is 0 Å². The van der Waals surface area contributed by atoms with Crippen molar-refractivity contribution in [1.29, 1.82) is 0 Å². The predicted molar refractivity (Wildman–Crippen MR) is 51.0 cm³/mol. The molecule has 1 aromatic carbocycles. The second kappa shape index (κ2) is 4.51. The van der Waals surface area contributed by atoms with Crippen LogP contribution in [0.4, 0.5) is 10.1 Å². The van der Waals surface area contributed by atoms with Crippen molar-refractivity contribution < 1.29 is 21.9 Å². The van der Waals surface area contributed by atoms with Gasteiger partial charge in [-0.1, -0.05) is 6.07 Å². The maximum atomic E-state index is 13.2. The Morgan fingerprint density at radius 1 is 1.50 bits per heavy atom. The summed E-state index contributed by atoms with van der Waals surface area (Å²) in [6, 6.07) is 3.12. The molecule has 16 heavy (non-hydrogen) atoms. The van der Waals surface area contributed by atoms with Gasteiger partial charge in [-0.3, -0.25) is 14.3 Å². The normalized spacial score (nSPS) is 11.4. The molecule has 0 fully saturated rings. The topological polar surface area (TPSA) is 113 Å². The van der Waals surface area contributed by atoms with Crippen LogP contribution in [0.5, 0.6) is 0 Å². The van der Waals surface area contributed by atoms with Crippen molar-refractivity contribution in [3.05, 3.63) is 39.7 Å². The van der Waals surface area contributed by atoms with Gasteiger partial charge in [0.15, 0.2) is 0 Å². The first-order valence-electron chi connectivity index (χ1n) is 3.90. The Morgan fingerprint density at radius 2 is 2.12 bits per heavy atom. The summed E-state index contributed by atoms with van der Waals surface area (Å²) in [5.74, 6) is -0.933. The number of nitro groups is 1. The van der Waals surface area contributed by atoms with Crippen molar-refractivity contribution in [2.75, 3.05) is 0 Å². The van der Waals surface area contributed by atoms with Gasteiger partial charge in [0.05, 0.1) is 10.5 Å². The minimum absolute atomic E-state index is 0.471. The van der Waals surface area contributed by atoms with Crippen LogP contribution in [0.25, 0.3) is 0 Å². The average molecular weight is 250 g/mol. The van der Waals surface area contributed by atoms with Gasteiger partial charge in [0, 0.05) is 6.07 Å². The van der Waals surface area contributed by atoms with Crippen LogP contribution in [0, 0.1) is 15.9 Å². The third kappa shape index (κ3) is 3.22. The van der Waals surface area contributed by atoms with E-state index >= 15 is 0 Å². The molecule has 1 rings (SSSR count). The summed E-state index contributed by atoms with van der Waals surface area (Å²) < 4.78 is 38.2. The van der Waals surface area contributed by atoms with E-state index in [4.69, 9.17) is 0 Å². The van der Waals surface area contributed by atoms with Crippen LogP contribution in [0.1, 0.15) is 5.56 Å². The number of hydrogen-bond donors (Lipinski definition) is 1. The molecule has 88 valence electrons. The first kappa shape index (κ1) is 12.5. The van der Waals surface area contributed by atoms with E-state index in [9.17, 15) is 22.9 Å². The van der Waals surface area contributed by atoms with E-state index in [0.29, 0.717) is 0 Å². The van der Waals surface area contributed by atoms with Gasteiger partial charge in [-0.2, -0.15) is 8.42 Å². The maximum Gasteiger partial charge on any atom is 0.333 e. The molecule has 0 aliphatic heterocycles. The van der Waals surface area contributed by atoms with Crippen molar-refractivity contribution in [1.82, 2.24) is 0 Å². The molecule has 0 bridgehead atoms. The Kier molecular flexibility index (Phi) is 3.52. The molecule has 0 spiro atoms. The lowest BCUT2D eigenvalue weighted by atomic mass is 10.2. The van der Waals surface area contributed by atoms with E-state index in [1.54, 1.807) is 0 Å². The molecule has 0 atom stereocenters. The third-order valence-corrected chi connectivity index (χ3v) is 2.10. The molecule has 0 saturated heterocycles. The highest BCUT2D eigenvalue weighted by molar-refractivity contribution is 7.84. The Bertz CT molecular complexity index is 516. The fourth-order valence-electron chi connectivity index (χ4n) is 1.00. The van der Waals surface area contributed by atoms with E-state index in [2.05, 4.69) is 9.32 Å². The molecule has 2 N–H and O–H groups in total. The Morgan fingerprint density at radius 3 is 2.62 bits per heavy atom. The van der Waals surface area contributed by atoms with Gasteiger partial charge in [-0.25, -0.2) is 9.53 Å². The summed E-state index contributed by atoms with van der Waals surface area (Å²) in [6.45, 7) is -0.818. The molecule has 0 aliphatic rings. The minimum atomic E-state index is -4.27. The van der Waals surface area contributed by atoms with Crippen LogP contribution >= 0.6 is 0 Å². The van der Waals surface area contributed by atoms with E-state index in [-0.39, 0.29) is 0 Å². The van der Waals surface area contributed by atoms with Crippen molar-refractivity contribution in [3.8, 4) is 0 Å². The quantitative estimate of drug-likeness (QED) is 0.615. The smallest absolute Gasteiger partial charge is 0.258 e. The number of benzene rings is 1. The van der Waals surface area contributed by atoms with Gasteiger partial charge in [-0.15, -0.1) is 0 Å². The highest BCUT2D eigenvalue weighted by atomic mass is 32.2. The van der Waals surface area contributed by atoms with Gasteiger partial charge in [-0.05, 0) is 6.07 Å². The maximum absolute atomic E-state index is 13.2. The highest BCUT2D eigenvalue weighted by Gasteiger charge is 2.19. The summed E-state index contributed by atoms with van der Waals surface area (Å²) in [5.41, 5.74) is -1.04. The molecule has 0 radical (unpaired) electrons. The fraction of sp³-hybridized carbons (Fsp3) is 0.143. The number of nitrogens with two attached hydrogens (primary N) is 1. The van der Waals surface area contributed by atoms with Gasteiger partial charge in [0.25, 0.3) is 5.69 Å². The van der Waals surface area contributed by atoms with Gasteiger partial charge in [0.2, 0.25) is 0 Å². The van der Waals surface area contributed by atoms with E-state index in [1.807, 2.05) is 0 Å². The van der Waals surface area contributed by atoms with Crippen molar-refractivity contribution in [2.45, 2.75) is 6.61 Å². The zero-order valence-electron chi connectivity index (χ0n) is 7.79. The highest BCUT2D eigenvalue weighted by Crippen LogP contribution is 2.22. The van der Waals surface area contributed by atoms with E-state index < -0.39 is 38.9 Å². The molecular weight excluding hydrogens is 243 g/mol. The van der Waals surface area contributed by atoms with Gasteiger partial charge in [0.1, 0.15) is 12.4 Å². The van der Waals surface area contributed by atoms with Crippen LogP contribution in [0.15, 0.2) is 18.2 Å². The number of rotatable bonds is 4. The molecule has 0 aromatic heterocycles. The van der Waals surface area contributed by atoms with Crippen LogP contribution < -0.4 is 5.14 Å². The van der Waals surface area contributed by atoms with E-state index in [1.165, 1.54) is 0 Å². The monoisotopic (exact) mass is 250 g/mol. The average Bonchev–Trinajstić information content (AvgIpc) is 2.13. The summed E-state index contributed by atoms with van der Waals surface area (Å²) in [7, 11) is -4.27. The summed E-state index contributed by atoms with van der Waals surface area (Å²) in [4.78, 5) is 9.66. The Balaban J connectivity index is 3.07. The van der Waals surface area contributed by atoms with E-state index in [0.717, 1.165) is 18.2 Å². The number of halogens is 1. The standard InChI is InChI=1S/C7H7FN2O5S/c8-6-2-1-3-7(10(11)12)5(6)4-15-16(9,13)14/h1-3H,4H2,(H2,9,13,14). The van der Waals surface area contributed by atoms with Crippen LogP contribution in [0.2, 0.25) is 0 Å². The zero-order chi connectivity index (χ0) is 12.3. The van der Waals surface area contributed by atoms with Crippen molar-refractivity contribution >= 4 is 16.0 Å². The van der Waals surface area contributed by atoms with Gasteiger partial charge >= 0.3 is 10.3 Å². The molecule has 0 saturated carbocycles. The van der Waals surface area contributed by atoms with Gasteiger partial charge < -0.3 is 0 Å². The number of hydrogen-bond acceptors (Lipinski definition) is 5. The largest absolute Gasteiger partial charge is 0.333 e. The van der Waals surface area contributed by atoms with Crippen LogP contribution in [-0.2, 0) is 21.1 Å². The summed E-state index contributed by atoms with van der Waals surface area (Å²) in [6.07, 6.45) is 0. The predicted octanol–water partition coefficient (Wildman–Crippen LogP) is 0.454. The second-order valence-electron chi connectivity index (χ2n) is 2.75. The molecule has 0 unspecified atom stereocenters. The zero-order valence-corrected chi connectivity index (χ0v) is 8.61. The Labute approximate surface area is 90.0 Å². The van der Waals surface area contributed by atoms with Crippen LogP contribution in [-0.4, -0.2) is 13.3 Å². The SMILES string of the molecule is NS(=O)(=O)OCc1c(F)cccc1[N+](=O)[O-]. The molecule has 1 aromatic rings. The molecule has 0 amide bonds. The lowest BCUT2D eigenvalue weighted by molar-refractivity contribution is -0.386. The first-order valence-corrected chi connectivity index (χ1v) is 5.37. The molecule has 0 heterocycles. The lowest BCUT2D eigenvalue weighted by Crippen LogP contribution is -2.16. The van der Waals surface area contributed by atoms with Crippen molar-refractivity contribution in [2.24, 2.45) is 5.14 Å². The lowest BCUT2D eigenvalue weighted by Gasteiger charge is -2.03. The number of nitro benzene ring substituents is 1. The molecule has 7 nitrogen and oxygen atoms in total. The number of nitrogens with zero attached hydrogens (tertiary/aromatic N) is 1. The minimum Gasteiger partial charge on any atom is -0.258 e. The van der Waals surface area contributed by atoms with Crippen molar-refractivity contribution in [3.63, 3.8) is 0 Å². The summed E-state index contributed by atoms with van der Waals surface area (Å²) in [5, 5.41) is 15.0. The molecular formula is C7H7FN2O5S. The summed E-state index contributed by atoms with van der Waals surface area (Å²) >= 11 is 0. The third-order valence-electron chi connectivity index (χ3n) is 1.66. The molecule has 0 aliphatic carbocycles.